The van der Waals surface area contributed by atoms with E-state index in [2.05, 4.69) is 21.8 Å². The zero-order valence-corrected chi connectivity index (χ0v) is 11.4. The summed E-state index contributed by atoms with van der Waals surface area (Å²) < 4.78 is 11.3. The average molecular weight is 290 g/mol. The van der Waals surface area contributed by atoms with E-state index < -0.39 is 0 Å². The van der Waals surface area contributed by atoms with Gasteiger partial charge in [0.25, 0.3) is 0 Å². The second-order valence-electron chi connectivity index (χ2n) is 4.48. The molecule has 2 aliphatic heterocycles. The van der Waals surface area contributed by atoms with Crippen LogP contribution in [0, 0.1) is 0 Å². The van der Waals surface area contributed by atoms with Crippen molar-refractivity contribution in [1.82, 2.24) is 9.97 Å². The number of rotatable bonds is 1. The molecule has 0 amide bonds. The summed E-state index contributed by atoms with van der Waals surface area (Å²) >= 11 is 11.8. The van der Waals surface area contributed by atoms with Crippen molar-refractivity contribution in [2.75, 3.05) is 24.7 Å². The van der Waals surface area contributed by atoms with Gasteiger partial charge in [-0.1, -0.05) is 0 Å². The molecule has 98 valence electrons. The number of halogens is 2. The number of aromatic nitrogens is 2. The molecule has 2 atom stereocenters. The topological polar surface area (TPSA) is 47.5 Å². The molecule has 1 aromatic rings. The number of hydrogen-bond donors (Lipinski definition) is 0. The molecule has 5 nitrogen and oxygen atoms in total. The highest BCUT2D eigenvalue weighted by Gasteiger charge is 2.37. The van der Waals surface area contributed by atoms with Gasteiger partial charge < -0.3 is 14.4 Å². The highest BCUT2D eigenvalue weighted by molar-refractivity contribution is 6.28. The monoisotopic (exact) mass is 289 g/mol. The van der Waals surface area contributed by atoms with E-state index in [1.54, 1.807) is 0 Å². The molecule has 0 aliphatic carbocycles. The van der Waals surface area contributed by atoms with Crippen LogP contribution in [-0.4, -0.2) is 41.9 Å². The molecule has 0 saturated carbocycles. The van der Waals surface area contributed by atoms with E-state index in [4.69, 9.17) is 32.7 Å². The minimum Gasteiger partial charge on any atom is -0.486 e. The zero-order chi connectivity index (χ0) is 12.7. The van der Waals surface area contributed by atoms with Gasteiger partial charge in [-0.3, -0.25) is 0 Å². The van der Waals surface area contributed by atoms with Gasteiger partial charge in [0.1, 0.15) is 12.3 Å². The van der Waals surface area contributed by atoms with Crippen molar-refractivity contribution in [1.29, 1.82) is 0 Å². The third-order valence-electron chi connectivity index (χ3n) is 3.22. The summed E-state index contributed by atoms with van der Waals surface area (Å²) in [5.74, 6) is 1.64. The molecule has 18 heavy (non-hydrogen) atoms. The highest BCUT2D eigenvalue weighted by atomic mass is 35.5. The predicted octanol–water partition coefficient (Wildman–Crippen LogP) is 1.85. The van der Waals surface area contributed by atoms with Crippen molar-refractivity contribution in [3.63, 3.8) is 0 Å². The molecule has 0 aromatic carbocycles. The van der Waals surface area contributed by atoms with Crippen LogP contribution in [0.2, 0.25) is 5.28 Å². The summed E-state index contributed by atoms with van der Waals surface area (Å²) in [5.41, 5.74) is 0.642. The number of nitrogens with zero attached hydrogens (tertiary/aromatic N) is 3. The van der Waals surface area contributed by atoms with Crippen molar-refractivity contribution in [3.05, 3.63) is 11.0 Å². The molecule has 0 N–H and O–H groups in total. The summed E-state index contributed by atoms with van der Waals surface area (Å²) in [6.07, 6.45) is 0. The molecule has 2 unspecified atom stereocenters. The third kappa shape index (κ3) is 1.90. The fourth-order valence-electron chi connectivity index (χ4n) is 2.45. The van der Waals surface area contributed by atoms with E-state index in [1.807, 2.05) is 0 Å². The Morgan fingerprint density at radius 1 is 1.33 bits per heavy atom. The normalized spacial score (nSPS) is 26.3. The molecule has 0 spiro atoms. The maximum Gasteiger partial charge on any atom is 0.224 e. The molecular formula is C11H13Cl2N3O2. The Balaban J connectivity index is 2.09. The van der Waals surface area contributed by atoms with Crippen LogP contribution in [0.1, 0.15) is 12.6 Å². The van der Waals surface area contributed by atoms with Crippen molar-refractivity contribution >= 4 is 29.0 Å². The van der Waals surface area contributed by atoms with Crippen LogP contribution >= 0.6 is 23.2 Å². The molecule has 7 heteroatoms. The number of fused-ring (bicyclic) bond motifs is 3. The van der Waals surface area contributed by atoms with Gasteiger partial charge in [0.05, 0.1) is 31.2 Å². The maximum atomic E-state index is 5.95. The SMILES string of the molecule is CC1COCC2COc3c(CCl)nc(Cl)nc3N12. The molecule has 1 saturated heterocycles. The summed E-state index contributed by atoms with van der Waals surface area (Å²) in [5, 5.41) is 0.201. The second-order valence-corrected chi connectivity index (χ2v) is 5.09. The van der Waals surface area contributed by atoms with Crippen LogP contribution in [0.5, 0.6) is 5.75 Å². The lowest BCUT2D eigenvalue weighted by molar-refractivity contribution is 0.0484. The van der Waals surface area contributed by atoms with E-state index in [0.717, 1.165) is 5.82 Å². The Hall–Kier alpha value is -0.780. The summed E-state index contributed by atoms with van der Waals surface area (Å²) in [6.45, 7) is 3.97. The van der Waals surface area contributed by atoms with Gasteiger partial charge in [-0.25, -0.2) is 4.98 Å². The first kappa shape index (κ1) is 12.3. The van der Waals surface area contributed by atoms with Crippen molar-refractivity contribution in [2.24, 2.45) is 0 Å². The van der Waals surface area contributed by atoms with Crippen molar-refractivity contribution in [2.45, 2.75) is 24.9 Å². The highest BCUT2D eigenvalue weighted by Crippen LogP contribution is 2.38. The minimum absolute atomic E-state index is 0.176. The fourth-order valence-corrected chi connectivity index (χ4v) is 2.82. The largest absolute Gasteiger partial charge is 0.486 e. The lowest BCUT2D eigenvalue weighted by Crippen LogP contribution is -2.56. The molecular weight excluding hydrogens is 277 g/mol. The van der Waals surface area contributed by atoms with E-state index in [1.165, 1.54) is 0 Å². The maximum absolute atomic E-state index is 5.95. The zero-order valence-electron chi connectivity index (χ0n) is 9.90. The van der Waals surface area contributed by atoms with Gasteiger partial charge in [-0.2, -0.15) is 4.98 Å². The molecule has 1 fully saturated rings. The molecule has 2 aliphatic rings. The van der Waals surface area contributed by atoms with E-state index in [9.17, 15) is 0 Å². The van der Waals surface area contributed by atoms with Crippen LogP contribution in [0.25, 0.3) is 0 Å². The quantitative estimate of drug-likeness (QED) is 0.583. The molecule has 1 aromatic heterocycles. The summed E-state index contributed by atoms with van der Waals surface area (Å²) in [4.78, 5) is 10.6. The standard InChI is InChI=1S/C11H13Cl2N3O2/c1-6-3-17-4-7-5-18-9-8(2-12)14-11(13)15-10(9)16(6)7/h6-7H,2-5H2,1H3. The Morgan fingerprint density at radius 2 is 2.17 bits per heavy atom. The first-order valence-electron chi connectivity index (χ1n) is 5.82. The predicted molar refractivity (Wildman–Crippen MR) is 68.6 cm³/mol. The van der Waals surface area contributed by atoms with Gasteiger partial charge in [0.2, 0.25) is 5.28 Å². The van der Waals surface area contributed by atoms with Crippen LogP contribution in [0.15, 0.2) is 0 Å². The van der Waals surface area contributed by atoms with E-state index >= 15 is 0 Å². The fraction of sp³-hybridized carbons (Fsp3) is 0.636. The smallest absolute Gasteiger partial charge is 0.224 e. The Kier molecular flexibility index (Phi) is 3.21. The lowest BCUT2D eigenvalue weighted by Gasteiger charge is -2.44. The van der Waals surface area contributed by atoms with Gasteiger partial charge >= 0.3 is 0 Å². The average Bonchev–Trinajstić information content (AvgIpc) is 2.37. The Labute approximate surface area is 115 Å². The number of hydrogen-bond acceptors (Lipinski definition) is 5. The summed E-state index contributed by atoms with van der Waals surface area (Å²) in [6, 6.07) is 0.413. The molecule has 0 bridgehead atoms. The van der Waals surface area contributed by atoms with Crippen molar-refractivity contribution in [3.8, 4) is 5.75 Å². The number of anilines is 1. The second kappa shape index (κ2) is 4.72. The third-order valence-corrected chi connectivity index (χ3v) is 3.64. The van der Waals surface area contributed by atoms with Crippen LogP contribution in [0.3, 0.4) is 0 Å². The Bertz CT molecular complexity index is 472. The van der Waals surface area contributed by atoms with Gasteiger partial charge in [0.15, 0.2) is 11.6 Å². The Morgan fingerprint density at radius 3 is 2.94 bits per heavy atom. The molecule has 0 radical (unpaired) electrons. The summed E-state index contributed by atoms with van der Waals surface area (Å²) in [7, 11) is 0. The molecule has 3 heterocycles. The van der Waals surface area contributed by atoms with Crippen LogP contribution in [0.4, 0.5) is 5.82 Å². The first-order valence-corrected chi connectivity index (χ1v) is 6.73. The van der Waals surface area contributed by atoms with Gasteiger partial charge in [-0.15, -0.1) is 11.6 Å². The minimum atomic E-state index is 0.176. The number of ether oxygens (including phenoxy) is 2. The van der Waals surface area contributed by atoms with Crippen molar-refractivity contribution < 1.29 is 9.47 Å². The number of morpholine rings is 1. The molecule has 3 rings (SSSR count). The lowest BCUT2D eigenvalue weighted by atomic mass is 10.1. The van der Waals surface area contributed by atoms with Gasteiger partial charge in [0, 0.05) is 0 Å². The number of alkyl halides is 1. The van der Waals surface area contributed by atoms with E-state index in [-0.39, 0.29) is 23.2 Å². The first-order chi connectivity index (χ1) is 8.70. The van der Waals surface area contributed by atoms with Crippen LogP contribution in [-0.2, 0) is 10.6 Å². The van der Waals surface area contributed by atoms with Gasteiger partial charge in [-0.05, 0) is 18.5 Å². The van der Waals surface area contributed by atoms with E-state index in [0.29, 0.717) is 31.3 Å². The van der Waals surface area contributed by atoms with Crippen LogP contribution < -0.4 is 9.64 Å².